The highest BCUT2D eigenvalue weighted by atomic mass is 32.1. The molecule has 0 atom stereocenters. The third-order valence-electron chi connectivity index (χ3n) is 2.13. The molecule has 0 aliphatic heterocycles. The van der Waals surface area contributed by atoms with Gasteiger partial charge in [0.25, 0.3) is 0 Å². The molecule has 0 N–H and O–H groups in total. The van der Waals surface area contributed by atoms with Crippen LogP contribution in [0.15, 0.2) is 36.4 Å². The van der Waals surface area contributed by atoms with Crippen LogP contribution in [0.25, 0.3) is 20.8 Å². The van der Waals surface area contributed by atoms with Crippen molar-refractivity contribution in [1.82, 2.24) is 4.98 Å². The van der Waals surface area contributed by atoms with E-state index in [0.717, 1.165) is 16.1 Å². The molecule has 2 heteroatoms. The van der Waals surface area contributed by atoms with E-state index in [-0.39, 0.29) is 0 Å². The second-order valence-electron chi connectivity index (χ2n) is 3.13. The average Bonchev–Trinajstić information content (AvgIpc) is 2.74. The van der Waals surface area contributed by atoms with Gasteiger partial charge in [0.15, 0.2) is 0 Å². The Kier molecular flexibility index (Phi) is 2.00. The van der Waals surface area contributed by atoms with Crippen LogP contribution in [0.2, 0.25) is 0 Å². The van der Waals surface area contributed by atoms with E-state index >= 15 is 0 Å². The summed E-state index contributed by atoms with van der Waals surface area (Å²) in [6.45, 7) is 0. The number of hydrogen-bond acceptors (Lipinski definition) is 2. The minimum atomic E-state index is 0.981. The topological polar surface area (TPSA) is 12.9 Å². The second kappa shape index (κ2) is 3.48. The number of rotatable bonds is 1. The molecule has 0 spiro atoms. The highest BCUT2D eigenvalue weighted by molar-refractivity contribution is 7.21. The van der Waals surface area contributed by atoms with Crippen LogP contribution in [0, 0.1) is 18.2 Å². The predicted molar refractivity (Wildman–Crippen MR) is 61.6 cm³/mol. The summed E-state index contributed by atoms with van der Waals surface area (Å²) in [5.41, 5.74) is 2.02. The van der Waals surface area contributed by atoms with E-state index < -0.39 is 0 Å². The van der Waals surface area contributed by atoms with Crippen molar-refractivity contribution in [2.24, 2.45) is 0 Å². The third kappa shape index (κ3) is 1.53. The molecule has 0 amide bonds. The maximum absolute atomic E-state index is 4.54. The maximum Gasteiger partial charge on any atom is 0.125 e. The van der Waals surface area contributed by atoms with Gasteiger partial charge in [-0.2, -0.15) is 0 Å². The molecule has 3 radical (unpaired) electrons. The molecule has 0 unspecified atom stereocenters. The number of thiazole rings is 1. The highest BCUT2D eigenvalue weighted by Crippen LogP contribution is 2.28. The molecule has 3 rings (SSSR count). The summed E-state index contributed by atoms with van der Waals surface area (Å²) in [6.07, 6.45) is 0. The fourth-order valence-corrected chi connectivity index (χ4v) is 2.37. The number of benzene rings is 2. The minimum Gasteiger partial charge on any atom is -0.236 e. The lowest BCUT2D eigenvalue weighted by molar-refractivity contribution is 1.47. The van der Waals surface area contributed by atoms with Crippen LogP contribution < -0.4 is 0 Å². The summed E-state index contributed by atoms with van der Waals surface area (Å²) in [6, 6.07) is 20.6. The first kappa shape index (κ1) is 8.62. The van der Waals surface area contributed by atoms with Crippen molar-refractivity contribution in [3.8, 4) is 10.6 Å². The number of nitrogens with zero attached hydrogens (tertiary/aromatic N) is 1. The number of aromatic nitrogens is 1. The first-order valence-electron chi connectivity index (χ1n) is 4.59. The van der Waals surface area contributed by atoms with E-state index in [1.807, 2.05) is 30.3 Å². The van der Waals surface area contributed by atoms with Crippen molar-refractivity contribution < 1.29 is 0 Å². The molecule has 15 heavy (non-hydrogen) atoms. The Labute approximate surface area is 92.0 Å². The van der Waals surface area contributed by atoms with Crippen LogP contribution in [0.4, 0.5) is 0 Å². The van der Waals surface area contributed by atoms with Gasteiger partial charge in [0.05, 0.1) is 10.2 Å². The molecule has 0 bridgehead atoms. The van der Waals surface area contributed by atoms with E-state index in [2.05, 4.69) is 29.2 Å². The van der Waals surface area contributed by atoms with Crippen molar-refractivity contribution in [2.75, 3.05) is 0 Å². The van der Waals surface area contributed by atoms with Crippen molar-refractivity contribution >= 4 is 21.6 Å². The Hall–Kier alpha value is -1.67. The van der Waals surface area contributed by atoms with Crippen LogP contribution in [-0.4, -0.2) is 4.98 Å². The zero-order valence-electron chi connectivity index (χ0n) is 7.82. The quantitative estimate of drug-likeness (QED) is 0.597. The van der Waals surface area contributed by atoms with E-state index in [1.54, 1.807) is 11.3 Å². The zero-order chi connectivity index (χ0) is 10.1. The van der Waals surface area contributed by atoms with Gasteiger partial charge in [-0.1, -0.05) is 24.3 Å². The van der Waals surface area contributed by atoms with Gasteiger partial charge in [-0.15, -0.1) is 11.3 Å². The second-order valence-corrected chi connectivity index (χ2v) is 4.16. The van der Waals surface area contributed by atoms with Gasteiger partial charge in [-0.25, -0.2) is 4.98 Å². The summed E-state index contributed by atoms with van der Waals surface area (Å²) in [5, 5.41) is 0.987. The number of fused-ring (bicyclic) bond motifs is 1. The van der Waals surface area contributed by atoms with Gasteiger partial charge in [0, 0.05) is 11.6 Å². The standard InChI is InChI=1S/C13H6NS/c1-2-6-10(7-3-1)13-14-11-8-4-5-9-12(11)15-13/h2,4-6,8-9H. The van der Waals surface area contributed by atoms with Crippen LogP contribution in [0.3, 0.4) is 0 Å². The van der Waals surface area contributed by atoms with E-state index in [0.29, 0.717) is 0 Å². The van der Waals surface area contributed by atoms with E-state index in [9.17, 15) is 0 Å². The molecule has 69 valence electrons. The molecule has 0 aliphatic carbocycles. The summed E-state index contributed by atoms with van der Waals surface area (Å²) < 4.78 is 1.20. The summed E-state index contributed by atoms with van der Waals surface area (Å²) in [7, 11) is 0. The van der Waals surface area contributed by atoms with Crippen molar-refractivity contribution in [1.29, 1.82) is 0 Å². The smallest absolute Gasteiger partial charge is 0.125 e. The fourth-order valence-electron chi connectivity index (χ4n) is 1.42. The largest absolute Gasteiger partial charge is 0.236 e. The summed E-state index contributed by atoms with van der Waals surface area (Å²) >= 11 is 1.67. The van der Waals surface area contributed by atoms with Gasteiger partial charge >= 0.3 is 0 Å². The lowest BCUT2D eigenvalue weighted by atomic mass is 10.2. The highest BCUT2D eigenvalue weighted by Gasteiger charge is 2.04. The Morgan fingerprint density at radius 3 is 2.87 bits per heavy atom. The molecular weight excluding hydrogens is 202 g/mol. The van der Waals surface area contributed by atoms with Gasteiger partial charge in [0.2, 0.25) is 0 Å². The lowest BCUT2D eigenvalue weighted by Gasteiger charge is -1.90. The van der Waals surface area contributed by atoms with Crippen LogP contribution in [-0.2, 0) is 0 Å². The van der Waals surface area contributed by atoms with Crippen LogP contribution >= 0.6 is 11.3 Å². The molecule has 0 aliphatic rings. The molecule has 0 saturated carbocycles. The Bertz CT molecular complexity index is 551. The first-order chi connectivity index (χ1) is 7.43. The number of para-hydroxylation sites is 1. The van der Waals surface area contributed by atoms with E-state index in [1.165, 1.54) is 4.70 Å². The Morgan fingerprint density at radius 2 is 2.07 bits per heavy atom. The molecule has 1 aromatic heterocycles. The first-order valence-corrected chi connectivity index (χ1v) is 5.41. The van der Waals surface area contributed by atoms with Crippen molar-refractivity contribution in [2.45, 2.75) is 0 Å². The molecule has 0 fully saturated rings. The van der Waals surface area contributed by atoms with Gasteiger partial charge in [-0.3, -0.25) is 0 Å². The summed E-state index contributed by atoms with van der Waals surface area (Å²) in [4.78, 5) is 4.54. The molecule has 2 aromatic carbocycles. The minimum absolute atomic E-state index is 0.981. The zero-order valence-corrected chi connectivity index (χ0v) is 8.64. The van der Waals surface area contributed by atoms with Crippen molar-refractivity contribution in [3.05, 3.63) is 54.6 Å². The van der Waals surface area contributed by atoms with Gasteiger partial charge < -0.3 is 0 Å². The maximum atomic E-state index is 4.54. The van der Waals surface area contributed by atoms with E-state index in [4.69, 9.17) is 0 Å². The molecule has 1 nitrogen and oxygen atoms in total. The molecular formula is C13H6NS. The number of hydrogen-bond donors (Lipinski definition) is 0. The van der Waals surface area contributed by atoms with Gasteiger partial charge in [-0.05, 0) is 24.3 Å². The lowest BCUT2D eigenvalue weighted by Crippen LogP contribution is -1.74. The predicted octanol–water partition coefficient (Wildman–Crippen LogP) is 3.36. The van der Waals surface area contributed by atoms with Crippen molar-refractivity contribution in [3.63, 3.8) is 0 Å². The van der Waals surface area contributed by atoms with Gasteiger partial charge in [0.1, 0.15) is 5.01 Å². The summed E-state index contributed by atoms with van der Waals surface area (Å²) in [5.74, 6) is 0. The SMILES string of the molecule is [c]1[c]ccc(-c2nc3ccccc3s2)[c]1. The average molecular weight is 208 g/mol. The Balaban J connectivity index is 2.21. The molecule has 0 saturated heterocycles. The van der Waals surface area contributed by atoms with Crippen LogP contribution in [0.5, 0.6) is 0 Å². The third-order valence-corrected chi connectivity index (χ3v) is 3.20. The van der Waals surface area contributed by atoms with Crippen LogP contribution in [0.1, 0.15) is 0 Å². The molecule has 1 heterocycles. The normalized spacial score (nSPS) is 10.7. The molecule has 3 aromatic rings. The monoisotopic (exact) mass is 208 g/mol. The fraction of sp³-hybridized carbons (Fsp3) is 0. The Morgan fingerprint density at radius 1 is 1.13 bits per heavy atom.